The zero-order chi connectivity index (χ0) is 13.3. The van der Waals surface area contributed by atoms with Gasteiger partial charge in [-0.15, -0.1) is 0 Å². The van der Waals surface area contributed by atoms with Crippen molar-refractivity contribution in [3.63, 3.8) is 0 Å². The molecule has 3 atom stereocenters. The second-order valence-corrected chi connectivity index (χ2v) is 7.08. The number of hydrogen-bond acceptors (Lipinski definition) is 3. The van der Waals surface area contributed by atoms with Crippen LogP contribution in [0.2, 0.25) is 0 Å². The first-order valence-corrected chi connectivity index (χ1v) is 8.33. The molecule has 3 heteroatoms. The van der Waals surface area contributed by atoms with Crippen molar-refractivity contribution < 1.29 is 4.74 Å². The van der Waals surface area contributed by atoms with Crippen LogP contribution in [0, 0.1) is 0 Å². The summed E-state index contributed by atoms with van der Waals surface area (Å²) in [7, 11) is 0. The highest BCUT2D eigenvalue weighted by Gasteiger charge is 2.42. The van der Waals surface area contributed by atoms with E-state index in [4.69, 9.17) is 4.74 Å². The summed E-state index contributed by atoms with van der Waals surface area (Å²) < 4.78 is 6.53. The quantitative estimate of drug-likeness (QED) is 0.831. The third-order valence-corrected chi connectivity index (χ3v) is 5.53. The molecule has 3 fully saturated rings. The van der Waals surface area contributed by atoms with Crippen molar-refractivity contribution in [1.29, 1.82) is 0 Å². The molecule has 0 bridgehead atoms. The monoisotopic (exact) mass is 266 g/mol. The van der Waals surface area contributed by atoms with Crippen LogP contribution in [0.1, 0.15) is 58.8 Å². The number of piperazine rings is 1. The second kappa shape index (κ2) is 5.71. The van der Waals surface area contributed by atoms with Gasteiger partial charge in [0.2, 0.25) is 0 Å². The van der Waals surface area contributed by atoms with Crippen LogP contribution in [0.5, 0.6) is 0 Å². The van der Waals surface area contributed by atoms with Crippen LogP contribution in [-0.4, -0.2) is 48.3 Å². The molecule has 1 aliphatic carbocycles. The molecule has 0 aromatic carbocycles. The molecule has 19 heavy (non-hydrogen) atoms. The highest BCUT2D eigenvalue weighted by Crippen LogP contribution is 2.42. The molecule has 2 saturated heterocycles. The van der Waals surface area contributed by atoms with E-state index in [2.05, 4.69) is 24.1 Å². The Kier molecular flexibility index (Phi) is 4.16. The molecule has 1 spiro atoms. The minimum Gasteiger partial charge on any atom is -0.370 e. The van der Waals surface area contributed by atoms with Crippen LogP contribution >= 0.6 is 0 Å². The van der Waals surface area contributed by atoms with Gasteiger partial charge in [0.15, 0.2) is 0 Å². The maximum Gasteiger partial charge on any atom is 0.0710 e. The molecule has 2 heterocycles. The van der Waals surface area contributed by atoms with Crippen molar-refractivity contribution in [2.75, 3.05) is 19.6 Å². The van der Waals surface area contributed by atoms with Crippen LogP contribution in [0.25, 0.3) is 0 Å². The Balaban J connectivity index is 1.56. The Morgan fingerprint density at radius 1 is 1.05 bits per heavy atom. The van der Waals surface area contributed by atoms with Gasteiger partial charge in [0.05, 0.1) is 11.7 Å². The minimum atomic E-state index is 0.281. The molecule has 0 aromatic rings. The SMILES string of the molecule is CC1CNCC(C)N1CC1CCC2(CCCCC2)O1. The fraction of sp³-hybridized carbons (Fsp3) is 1.00. The summed E-state index contributed by atoms with van der Waals surface area (Å²) in [5.74, 6) is 0. The minimum absolute atomic E-state index is 0.281. The average molecular weight is 266 g/mol. The van der Waals surface area contributed by atoms with Crippen molar-refractivity contribution in [2.45, 2.75) is 82.6 Å². The van der Waals surface area contributed by atoms with Gasteiger partial charge in [-0.1, -0.05) is 19.3 Å². The van der Waals surface area contributed by atoms with Crippen molar-refractivity contribution in [3.8, 4) is 0 Å². The van der Waals surface area contributed by atoms with Gasteiger partial charge in [0.1, 0.15) is 0 Å². The largest absolute Gasteiger partial charge is 0.370 e. The molecule has 2 aliphatic heterocycles. The molecular weight excluding hydrogens is 236 g/mol. The Bertz CT molecular complexity index is 291. The Hall–Kier alpha value is -0.120. The number of hydrogen-bond donors (Lipinski definition) is 1. The molecule has 1 N–H and O–H groups in total. The van der Waals surface area contributed by atoms with E-state index >= 15 is 0 Å². The lowest BCUT2D eigenvalue weighted by atomic mass is 9.83. The fourth-order valence-corrected chi connectivity index (χ4v) is 4.35. The fourth-order valence-electron chi connectivity index (χ4n) is 4.35. The molecule has 3 aliphatic rings. The average Bonchev–Trinajstić information content (AvgIpc) is 2.78. The summed E-state index contributed by atoms with van der Waals surface area (Å²) in [4.78, 5) is 2.66. The first-order valence-electron chi connectivity index (χ1n) is 8.33. The van der Waals surface area contributed by atoms with E-state index in [1.807, 2.05) is 0 Å². The highest BCUT2D eigenvalue weighted by atomic mass is 16.5. The number of nitrogens with one attached hydrogen (secondary N) is 1. The summed E-state index contributed by atoms with van der Waals surface area (Å²) in [5, 5.41) is 3.51. The van der Waals surface area contributed by atoms with Crippen molar-refractivity contribution in [2.24, 2.45) is 0 Å². The van der Waals surface area contributed by atoms with E-state index in [0.29, 0.717) is 18.2 Å². The van der Waals surface area contributed by atoms with Gasteiger partial charge in [-0.05, 0) is 39.5 Å². The summed E-state index contributed by atoms with van der Waals surface area (Å²) in [6.07, 6.45) is 9.89. The molecule has 3 unspecified atom stereocenters. The number of ether oxygens (including phenoxy) is 1. The van der Waals surface area contributed by atoms with E-state index < -0.39 is 0 Å². The van der Waals surface area contributed by atoms with Crippen LogP contribution < -0.4 is 5.32 Å². The number of nitrogens with zero attached hydrogens (tertiary/aromatic N) is 1. The maximum absolute atomic E-state index is 6.53. The van der Waals surface area contributed by atoms with Crippen molar-refractivity contribution >= 4 is 0 Å². The molecule has 0 amide bonds. The first kappa shape index (κ1) is 13.8. The van der Waals surface area contributed by atoms with Gasteiger partial charge >= 0.3 is 0 Å². The standard InChI is InChI=1S/C16H30N2O/c1-13-10-17-11-14(2)18(13)12-15-6-9-16(19-15)7-4-3-5-8-16/h13-15,17H,3-12H2,1-2H3. The summed E-state index contributed by atoms with van der Waals surface area (Å²) in [5.41, 5.74) is 0.281. The summed E-state index contributed by atoms with van der Waals surface area (Å²) in [6.45, 7) is 8.08. The predicted molar refractivity (Wildman–Crippen MR) is 78.4 cm³/mol. The molecular formula is C16H30N2O. The Morgan fingerprint density at radius 3 is 2.42 bits per heavy atom. The van der Waals surface area contributed by atoms with Crippen molar-refractivity contribution in [1.82, 2.24) is 10.2 Å². The normalized spacial score (nSPS) is 39.8. The lowest BCUT2D eigenvalue weighted by molar-refractivity contribution is -0.0793. The van der Waals surface area contributed by atoms with Crippen LogP contribution in [0.4, 0.5) is 0 Å². The zero-order valence-electron chi connectivity index (χ0n) is 12.7. The second-order valence-electron chi connectivity index (χ2n) is 7.08. The van der Waals surface area contributed by atoms with E-state index in [-0.39, 0.29) is 5.60 Å². The van der Waals surface area contributed by atoms with Crippen LogP contribution in [0.3, 0.4) is 0 Å². The lowest BCUT2D eigenvalue weighted by Gasteiger charge is -2.41. The van der Waals surface area contributed by atoms with E-state index in [1.54, 1.807) is 0 Å². The Labute approximate surface area is 118 Å². The van der Waals surface area contributed by atoms with E-state index in [0.717, 1.165) is 19.6 Å². The summed E-state index contributed by atoms with van der Waals surface area (Å²) in [6, 6.07) is 1.30. The van der Waals surface area contributed by atoms with Gasteiger partial charge in [0.25, 0.3) is 0 Å². The molecule has 0 radical (unpaired) electrons. The van der Waals surface area contributed by atoms with E-state index in [9.17, 15) is 0 Å². The highest BCUT2D eigenvalue weighted by molar-refractivity contribution is 4.93. The molecule has 110 valence electrons. The smallest absolute Gasteiger partial charge is 0.0710 e. The predicted octanol–water partition coefficient (Wildman–Crippen LogP) is 2.55. The zero-order valence-corrected chi connectivity index (χ0v) is 12.7. The molecule has 1 saturated carbocycles. The van der Waals surface area contributed by atoms with Gasteiger partial charge in [-0.3, -0.25) is 4.90 Å². The lowest BCUT2D eigenvalue weighted by Crippen LogP contribution is -2.56. The van der Waals surface area contributed by atoms with Gasteiger partial charge in [-0.2, -0.15) is 0 Å². The number of rotatable bonds is 2. The third kappa shape index (κ3) is 2.98. The van der Waals surface area contributed by atoms with Gasteiger partial charge in [0, 0.05) is 31.7 Å². The molecule has 3 nitrogen and oxygen atoms in total. The van der Waals surface area contributed by atoms with Gasteiger partial charge in [-0.25, -0.2) is 0 Å². The topological polar surface area (TPSA) is 24.5 Å². The summed E-state index contributed by atoms with van der Waals surface area (Å²) >= 11 is 0. The van der Waals surface area contributed by atoms with Crippen molar-refractivity contribution in [3.05, 3.63) is 0 Å². The van der Waals surface area contributed by atoms with Crippen LogP contribution in [0.15, 0.2) is 0 Å². The molecule has 0 aromatic heterocycles. The third-order valence-electron chi connectivity index (χ3n) is 5.53. The maximum atomic E-state index is 6.53. The van der Waals surface area contributed by atoms with E-state index in [1.165, 1.54) is 44.9 Å². The van der Waals surface area contributed by atoms with Gasteiger partial charge < -0.3 is 10.1 Å². The Morgan fingerprint density at radius 2 is 1.74 bits per heavy atom. The van der Waals surface area contributed by atoms with Crippen LogP contribution in [-0.2, 0) is 4.74 Å². The first-order chi connectivity index (χ1) is 9.19. The molecule has 3 rings (SSSR count).